The summed E-state index contributed by atoms with van der Waals surface area (Å²) >= 11 is 0. The minimum atomic E-state index is 0.0443. The van der Waals surface area contributed by atoms with Crippen molar-refractivity contribution in [2.75, 3.05) is 13.1 Å². The van der Waals surface area contributed by atoms with Crippen LogP contribution in [0.4, 0.5) is 0 Å². The molecule has 0 aromatic carbocycles. The summed E-state index contributed by atoms with van der Waals surface area (Å²) < 4.78 is 7.53. The average molecular weight is 324 g/mol. The molecule has 0 radical (unpaired) electrons. The standard InChI is InChI=1S/C18H20N4O2/c1-12-10-15(13(2)24-12)18(23)21-8-5-6-14(11-21)17-20-19-16-7-3-4-9-22(16)17/h3-4,7,9-10,14H,5-6,8,11H2,1-2H3. The van der Waals surface area contributed by atoms with Crippen molar-refractivity contribution in [3.63, 3.8) is 0 Å². The molecule has 6 nitrogen and oxygen atoms in total. The zero-order valence-electron chi connectivity index (χ0n) is 13.9. The van der Waals surface area contributed by atoms with Gasteiger partial charge in [0.25, 0.3) is 5.91 Å². The lowest BCUT2D eigenvalue weighted by molar-refractivity contribution is 0.0702. The monoisotopic (exact) mass is 324 g/mol. The summed E-state index contributed by atoms with van der Waals surface area (Å²) in [6.07, 6.45) is 3.96. The Kier molecular flexibility index (Phi) is 3.59. The Morgan fingerprint density at radius 3 is 2.96 bits per heavy atom. The van der Waals surface area contributed by atoms with E-state index in [2.05, 4.69) is 10.2 Å². The van der Waals surface area contributed by atoms with Gasteiger partial charge in [0.15, 0.2) is 5.65 Å². The van der Waals surface area contributed by atoms with Crippen LogP contribution in [0.2, 0.25) is 0 Å². The van der Waals surface area contributed by atoms with Crippen LogP contribution in [0, 0.1) is 13.8 Å². The molecule has 4 heterocycles. The lowest BCUT2D eigenvalue weighted by atomic mass is 9.96. The maximum absolute atomic E-state index is 12.8. The van der Waals surface area contributed by atoms with Gasteiger partial charge in [-0.05, 0) is 44.9 Å². The van der Waals surface area contributed by atoms with Crippen molar-refractivity contribution in [1.82, 2.24) is 19.5 Å². The van der Waals surface area contributed by atoms with Crippen LogP contribution in [-0.2, 0) is 0 Å². The van der Waals surface area contributed by atoms with Crippen molar-refractivity contribution in [1.29, 1.82) is 0 Å². The van der Waals surface area contributed by atoms with Gasteiger partial charge in [-0.2, -0.15) is 0 Å². The molecule has 124 valence electrons. The minimum absolute atomic E-state index is 0.0443. The smallest absolute Gasteiger partial charge is 0.257 e. The normalized spacial score (nSPS) is 18.2. The first-order chi connectivity index (χ1) is 11.6. The summed E-state index contributed by atoms with van der Waals surface area (Å²) in [6.45, 7) is 5.15. The van der Waals surface area contributed by atoms with E-state index in [1.54, 1.807) is 0 Å². The van der Waals surface area contributed by atoms with Crippen LogP contribution in [0.25, 0.3) is 5.65 Å². The molecule has 1 aliphatic heterocycles. The second kappa shape index (κ2) is 5.78. The van der Waals surface area contributed by atoms with E-state index in [9.17, 15) is 4.79 Å². The highest BCUT2D eigenvalue weighted by Crippen LogP contribution is 2.28. The molecule has 0 bridgehead atoms. The van der Waals surface area contributed by atoms with Gasteiger partial charge in [-0.15, -0.1) is 10.2 Å². The largest absolute Gasteiger partial charge is 0.466 e. The Hall–Kier alpha value is -2.63. The van der Waals surface area contributed by atoms with E-state index in [1.165, 1.54) is 0 Å². The number of fused-ring (bicyclic) bond motifs is 1. The maximum Gasteiger partial charge on any atom is 0.257 e. The second-order valence-electron chi connectivity index (χ2n) is 6.40. The first kappa shape index (κ1) is 14.9. The highest BCUT2D eigenvalue weighted by atomic mass is 16.3. The van der Waals surface area contributed by atoms with Crippen molar-refractivity contribution < 1.29 is 9.21 Å². The number of pyridine rings is 1. The molecule has 0 N–H and O–H groups in total. The van der Waals surface area contributed by atoms with E-state index in [0.717, 1.165) is 36.6 Å². The molecule has 1 fully saturated rings. The van der Waals surface area contributed by atoms with Crippen LogP contribution in [-0.4, -0.2) is 38.5 Å². The summed E-state index contributed by atoms with van der Waals surface area (Å²) in [5.41, 5.74) is 1.51. The van der Waals surface area contributed by atoms with Gasteiger partial charge in [-0.25, -0.2) is 0 Å². The van der Waals surface area contributed by atoms with Crippen LogP contribution in [0.1, 0.15) is 46.5 Å². The quantitative estimate of drug-likeness (QED) is 0.727. The third-order valence-corrected chi connectivity index (χ3v) is 4.69. The van der Waals surface area contributed by atoms with E-state index >= 15 is 0 Å². The number of furan rings is 1. The first-order valence-corrected chi connectivity index (χ1v) is 8.29. The molecule has 3 aromatic rings. The van der Waals surface area contributed by atoms with Gasteiger partial charge >= 0.3 is 0 Å². The zero-order chi connectivity index (χ0) is 16.7. The third-order valence-electron chi connectivity index (χ3n) is 4.69. The van der Waals surface area contributed by atoms with Gasteiger partial charge in [-0.1, -0.05) is 6.07 Å². The van der Waals surface area contributed by atoms with Gasteiger partial charge in [-0.3, -0.25) is 9.20 Å². The van der Waals surface area contributed by atoms with Crippen LogP contribution >= 0.6 is 0 Å². The van der Waals surface area contributed by atoms with Gasteiger partial charge < -0.3 is 9.32 Å². The lowest BCUT2D eigenvalue weighted by Crippen LogP contribution is -2.39. The van der Waals surface area contributed by atoms with Crippen LogP contribution in [0.3, 0.4) is 0 Å². The van der Waals surface area contributed by atoms with Crippen molar-refractivity contribution >= 4 is 11.6 Å². The SMILES string of the molecule is Cc1cc(C(=O)N2CCCC(c3nnc4ccccn34)C2)c(C)o1. The third kappa shape index (κ3) is 2.48. The molecule has 1 atom stereocenters. The fraction of sp³-hybridized carbons (Fsp3) is 0.389. The fourth-order valence-corrected chi connectivity index (χ4v) is 3.52. The van der Waals surface area contributed by atoms with Crippen LogP contribution < -0.4 is 0 Å². The molecular formula is C18H20N4O2. The number of piperidine rings is 1. The molecule has 1 unspecified atom stereocenters. The first-order valence-electron chi connectivity index (χ1n) is 8.29. The van der Waals surface area contributed by atoms with Crippen molar-refractivity contribution in [2.24, 2.45) is 0 Å². The zero-order valence-corrected chi connectivity index (χ0v) is 13.9. The number of rotatable bonds is 2. The number of carbonyl (C=O) groups is 1. The van der Waals surface area contributed by atoms with Crippen LogP contribution in [0.5, 0.6) is 0 Å². The Morgan fingerprint density at radius 2 is 2.17 bits per heavy atom. The molecule has 1 amide bonds. The predicted molar refractivity (Wildman–Crippen MR) is 89.0 cm³/mol. The molecule has 6 heteroatoms. The minimum Gasteiger partial charge on any atom is -0.466 e. The Morgan fingerprint density at radius 1 is 1.29 bits per heavy atom. The molecule has 0 saturated carbocycles. The number of amides is 1. The summed E-state index contributed by atoms with van der Waals surface area (Å²) in [6, 6.07) is 7.70. The van der Waals surface area contributed by atoms with Gasteiger partial charge in [0.2, 0.25) is 0 Å². The number of aryl methyl sites for hydroxylation is 2. The molecule has 0 aliphatic carbocycles. The summed E-state index contributed by atoms with van der Waals surface area (Å²) in [7, 11) is 0. The Labute approximate surface area is 140 Å². The number of hydrogen-bond acceptors (Lipinski definition) is 4. The van der Waals surface area contributed by atoms with Crippen molar-refractivity contribution in [3.05, 3.63) is 53.4 Å². The number of hydrogen-bond donors (Lipinski definition) is 0. The molecular weight excluding hydrogens is 304 g/mol. The molecule has 0 spiro atoms. The average Bonchev–Trinajstić information content (AvgIpc) is 3.17. The molecule has 24 heavy (non-hydrogen) atoms. The highest BCUT2D eigenvalue weighted by Gasteiger charge is 2.29. The second-order valence-corrected chi connectivity index (χ2v) is 6.40. The van der Waals surface area contributed by atoms with E-state index < -0.39 is 0 Å². The molecule has 3 aromatic heterocycles. The Balaban J connectivity index is 1.60. The Bertz CT molecular complexity index is 895. The number of likely N-dealkylation sites (tertiary alicyclic amines) is 1. The van der Waals surface area contributed by atoms with Gasteiger partial charge in [0.05, 0.1) is 5.56 Å². The number of aromatic nitrogens is 3. The van der Waals surface area contributed by atoms with Crippen LogP contribution in [0.15, 0.2) is 34.9 Å². The molecule has 1 saturated heterocycles. The predicted octanol–water partition coefficient (Wildman–Crippen LogP) is 2.96. The fourth-order valence-electron chi connectivity index (χ4n) is 3.52. The summed E-state index contributed by atoms with van der Waals surface area (Å²) in [5.74, 6) is 2.64. The van der Waals surface area contributed by atoms with E-state index in [1.807, 2.05) is 53.6 Å². The van der Waals surface area contributed by atoms with E-state index in [0.29, 0.717) is 17.9 Å². The highest BCUT2D eigenvalue weighted by molar-refractivity contribution is 5.95. The summed E-state index contributed by atoms with van der Waals surface area (Å²) in [4.78, 5) is 14.7. The molecule has 4 rings (SSSR count). The van der Waals surface area contributed by atoms with Crippen molar-refractivity contribution in [2.45, 2.75) is 32.6 Å². The van der Waals surface area contributed by atoms with Gasteiger partial charge in [0.1, 0.15) is 17.3 Å². The maximum atomic E-state index is 12.8. The van der Waals surface area contributed by atoms with E-state index in [-0.39, 0.29) is 11.8 Å². The molecule has 1 aliphatic rings. The number of nitrogens with zero attached hydrogens (tertiary/aromatic N) is 4. The van der Waals surface area contributed by atoms with E-state index in [4.69, 9.17) is 4.42 Å². The van der Waals surface area contributed by atoms with Crippen molar-refractivity contribution in [3.8, 4) is 0 Å². The topological polar surface area (TPSA) is 63.6 Å². The lowest BCUT2D eigenvalue weighted by Gasteiger charge is -2.31. The van der Waals surface area contributed by atoms with Gasteiger partial charge in [0, 0.05) is 25.2 Å². The number of carbonyl (C=O) groups excluding carboxylic acids is 1. The summed E-state index contributed by atoms with van der Waals surface area (Å²) in [5, 5.41) is 8.60.